The quantitative estimate of drug-likeness (QED) is 0.624. The van der Waals surface area contributed by atoms with Gasteiger partial charge in [-0.2, -0.15) is 0 Å². The molecule has 2 heteroatoms. The van der Waals surface area contributed by atoms with E-state index in [1.807, 2.05) is 0 Å². The molecule has 0 aromatic heterocycles. The third-order valence-electron chi connectivity index (χ3n) is 1.18. The summed E-state index contributed by atoms with van der Waals surface area (Å²) in [6.07, 6.45) is 4.13. The molecule has 0 nitrogen and oxygen atoms in total. The standard InChI is InChI=1S/C8H9S2/c1-9-7-4-3-5-8(6-7)10-2/h3-5H,1-2H3. The fraction of sp³-hybridized carbons (Fsp3) is 0.250. The van der Waals surface area contributed by atoms with Crippen LogP contribution >= 0.6 is 23.5 Å². The van der Waals surface area contributed by atoms with Gasteiger partial charge in [0, 0.05) is 15.9 Å². The van der Waals surface area contributed by atoms with Gasteiger partial charge in [-0.25, -0.2) is 0 Å². The highest BCUT2D eigenvalue weighted by Gasteiger charge is 1.91. The van der Waals surface area contributed by atoms with Crippen molar-refractivity contribution >= 4 is 23.5 Å². The van der Waals surface area contributed by atoms with Gasteiger partial charge in [-0.05, 0) is 24.6 Å². The van der Waals surface area contributed by atoms with Crippen molar-refractivity contribution in [3.05, 3.63) is 24.3 Å². The van der Waals surface area contributed by atoms with E-state index in [9.17, 15) is 0 Å². The number of thioether (sulfide) groups is 2. The van der Waals surface area contributed by atoms with Crippen LogP contribution in [0.5, 0.6) is 0 Å². The zero-order chi connectivity index (χ0) is 7.40. The Kier molecular flexibility index (Phi) is 3.16. The van der Waals surface area contributed by atoms with Gasteiger partial charge in [0.25, 0.3) is 0 Å². The minimum absolute atomic E-state index is 1.21. The first kappa shape index (κ1) is 8.02. The van der Waals surface area contributed by atoms with Crippen molar-refractivity contribution < 1.29 is 0 Å². The second-order valence-electron chi connectivity index (χ2n) is 1.79. The van der Waals surface area contributed by atoms with Crippen LogP contribution in [-0.2, 0) is 0 Å². The van der Waals surface area contributed by atoms with Crippen LogP contribution in [0.3, 0.4) is 0 Å². The topological polar surface area (TPSA) is 0 Å². The van der Waals surface area contributed by atoms with Crippen molar-refractivity contribution in [3.63, 3.8) is 0 Å². The third-order valence-corrected chi connectivity index (χ3v) is 2.54. The average Bonchev–Trinajstić information content (AvgIpc) is 2.05. The van der Waals surface area contributed by atoms with Crippen molar-refractivity contribution in [2.45, 2.75) is 9.79 Å². The Labute approximate surface area is 70.4 Å². The first-order chi connectivity index (χ1) is 4.86. The summed E-state index contributed by atoms with van der Waals surface area (Å²) in [5, 5.41) is 0. The van der Waals surface area contributed by atoms with Crippen molar-refractivity contribution in [2.24, 2.45) is 0 Å². The van der Waals surface area contributed by atoms with Gasteiger partial charge in [-0.1, -0.05) is 6.07 Å². The molecule has 1 radical (unpaired) electrons. The van der Waals surface area contributed by atoms with Crippen LogP contribution in [0.15, 0.2) is 28.0 Å². The van der Waals surface area contributed by atoms with Crippen molar-refractivity contribution in [1.29, 1.82) is 0 Å². The molecule has 0 bridgehead atoms. The number of rotatable bonds is 2. The van der Waals surface area contributed by atoms with E-state index in [1.165, 1.54) is 9.79 Å². The molecular formula is C8H9S2. The molecule has 0 aliphatic rings. The Bertz CT molecular complexity index is 189. The van der Waals surface area contributed by atoms with Crippen molar-refractivity contribution in [1.82, 2.24) is 0 Å². The predicted octanol–water partition coefficient (Wildman–Crippen LogP) is 2.93. The summed E-state index contributed by atoms with van der Waals surface area (Å²) in [5.41, 5.74) is 0. The molecular weight excluding hydrogens is 160 g/mol. The largest absolute Gasteiger partial charge is 0.129 e. The van der Waals surface area contributed by atoms with Gasteiger partial charge in [-0.3, -0.25) is 0 Å². The van der Waals surface area contributed by atoms with Gasteiger partial charge in [-0.15, -0.1) is 23.5 Å². The smallest absolute Gasteiger partial charge is 0.0160 e. The van der Waals surface area contributed by atoms with E-state index in [0.717, 1.165) is 0 Å². The average molecular weight is 169 g/mol. The molecule has 0 amide bonds. The van der Waals surface area contributed by atoms with Gasteiger partial charge in [0.15, 0.2) is 0 Å². The van der Waals surface area contributed by atoms with Crippen LogP contribution in [0.4, 0.5) is 0 Å². The lowest BCUT2D eigenvalue weighted by Crippen LogP contribution is -1.71. The molecule has 1 aromatic rings. The normalized spacial score (nSPS) is 9.80. The summed E-state index contributed by atoms with van der Waals surface area (Å²) < 4.78 is 0. The zero-order valence-electron chi connectivity index (χ0n) is 6.05. The Balaban J connectivity index is 2.87. The minimum Gasteiger partial charge on any atom is -0.129 e. The molecule has 0 saturated carbocycles. The maximum atomic E-state index is 3.27. The molecule has 0 aliphatic heterocycles. The van der Waals surface area contributed by atoms with Gasteiger partial charge in [0.1, 0.15) is 0 Å². The number of hydrogen-bond donors (Lipinski definition) is 0. The fourth-order valence-electron chi connectivity index (χ4n) is 0.666. The molecule has 1 rings (SSSR count). The predicted molar refractivity (Wildman–Crippen MR) is 48.8 cm³/mol. The molecule has 0 heterocycles. The Morgan fingerprint density at radius 2 is 1.60 bits per heavy atom. The van der Waals surface area contributed by atoms with Crippen LogP contribution in [0.1, 0.15) is 0 Å². The number of benzene rings is 1. The highest BCUT2D eigenvalue weighted by molar-refractivity contribution is 7.99. The first-order valence-corrected chi connectivity index (χ1v) is 5.42. The van der Waals surface area contributed by atoms with Gasteiger partial charge >= 0.3 is 0 Å². The molecule has 0 unspecified atom stereocenters. The maximum absolute atomic E-state index is 3.27. The van der Waals surface area contributed by atoms with Gasteiger partial charge in [0.2, 0.25) is 0 Å². The summed E-state index contributed by atoms with van der Waals surface area (Å²) in [7, 11) is 0. The lowest BCUT2D eigenvalue weighted by molar-refractivity contribution is 1.32. The highest BCUT2D eigenvalue weighted by atomic mass is 32.2. The summed E-state index contributed by atoms with van der Waals surface area (Å²) in [4.78, 5) is 2.43. The Morgan fingerprint density at radius 3 is 2.00 bits per heavy atom. The van der Waals surface area contributed by atoms with Crippen LogP contribution in [0.25, 0.3) is 0 Å². The third kappa shape index (κ3) is 1.96. The molecule has 0 saturated heterocycles. The van der Waals surface area contributed by atoms with Gasteiger partial charge < -0.3 is 0 Å². The molecule has 0 aliphatic carbocycles. The molecule has 10 heavy (non-hydrogen) atoms. The Hall–Kier alpha value is -0.0800. The SMILES string of the molecule is CSc1[c]c(SC)ccc1. The van der Waals surface area contributed by atoms with Crippen molar-refractivity contribution in [2.75, 3.05) is 12.5 Å². The molecule has 0 spiro atoms. The zero-order valence-corrected chi connectivity index (χ0v) is 7.68. The highest BCUT2D eigenvalue weighted by Crippen LogP contribution is 2.20. The molecule has 1 aromatic carbocycles. The van der Waals surface area contributed by atoms with E-state index in [1.54, 1.807) is 23.5 Å². The summed E-state index contributed by atoms with van der Waals surface area (Å²) in [6, 6.07) is 9.48. The second kappa shape index (κ2) is 3.94. The molecule has 0 fully saturated rings. The van der Waals surface area contributed by atoms with Gasteiger partial charge in [0.05, 0.1) is 0 Å². The fourth-order valence-corrected chi connectivity index (χ4v) is 1.58. The van der Waals surface area contributed by atoms with E-state index in [2.05, 4.69) is 36.8 Å². The summed E-state index contributed by atoms with van der Waals surface area (Å²) in [6.45, 7) is 0. The van der Waals surface area contributed by atoms with Crippen LogP contribution in [0.2, 0.25) is 0 Å². The lowest BCUT2D eigenvalue weighted by atomic mass is 10.4. The van der Waals surface area contributed by atoms with Crippen LogP contribution < -0.4 is 0 Å². The van der Waals surface area contributed by atoms with E-state index >= 15 is 0 Å². The second-order valence-corrected chi connectivity index (χ2v) is 3.48. The minimum atomic E-state index is 1.21. The Morgan fingerprint density at radius 1 is 1.10 bits per heavy atom. The summed E-state index contributed by atoms with van der Waals surface area (Å²) >= 11 is 3.46. The molecule has 0 atom stereocenters. The van der Waals surface area contributed by atoms with E-state index in [0.29, 0.717) is 0 Å². The monoisotopic (exact) mass is 169 g/mol. The van der Waals surface area contributed by atoms with Crippen LogP contribution in [0, 0.1) is 6.07 Å². The summed E-state index contributed by atoms with van der Waals surface area (Å²) in [5.74, 6) is 0. The maximum Gasteiger partial charge on any atom is 0.0160 e. The van der Waals surface area contributed by atoms with E-state index in [4.69, 9.17) is 0 Å². The number of hydrogen-bond acceptors (Lipinski definition) is 2. The van der Waals surface area contributed by atoms with E-state index in [-0.39, 0.29) is 0 Å². The first-order valence-electron chi connectivity index (χ1n) is 2.97. The van der Waals surface area contributed by atoms with Crippen LogP contribution in [-0.4, -0.2) is 12.5 Å². The van der Waals surface area contributed by atoms with E-state index < -0.39 is 0 Å². The lowest BCUT2D eigenvalue weighted by Gasteiger charge is -1.96. The van der Waals surface area contributed by atoms with Crippen molar-refractivity contribution in [3.8, 4) is 0 Å². The molecule has 53 valence electrons. The molecule has 0 N–H and O–H groups in total.